The van der Waals surface area contributed by atoms with Crippen LogP contribution in [0.2, 0.25) is 0 Å². The van der Waals surface area contributed by atoms with Gasteiger partial charge in [0, 0.05) is 7.05 Å². The molecule has 0 aromatic rings. The van der Waals surface area contributed by atoms with Crippen molar-refractivity contribution in [1.82, 2.24) is 5.32 Å². The molecule has 0 heterocycles. The molecule has 0 amide bonds. The fourth-order valence-corrected chi connectivity index (χ4v) is 0.679. The third-order valence-electron chi connectivity index (χ3n) is 0.607. The van der Waals surface area contributed by atoms with E-state index < -0.39 is 11.9 Å². The van der Waals surface area contributed by atoms with Gasteiger partial charge in [-0.05, 0) is 0 Å². The molecule has 0 unspecified atom stereocenters. The van der Waals surface area contributed by atoms with E-state index >= 15 is 0 Å². The van der Waals surface area contributed by atoms with Crippen molar-refractivity contribution in [1.29, 1.82) is 5.41 Å². The van der Waals surface area contributed by atoms with Crippen molar-refractivity contribution < 1.29 is 13.2 Å². The van der Waals surface area contributed by atoms with Crippen molar-refractivity contribution in [3.8, 4) is 0 Å². The summed E-state index contributed by atoms with van der Waals surface area (Å²) in [7, 11) is 1.41. The Morgan fingerprint density at radius 1 is 1.60 bits per heavy atom. The standard InChI is InChI=1S/C4H7F3N2S/c1-9-3(8)10-2-4(5,6)7/h2H2,1H3,(H2,8,9). The van der Waals surface area contributed by atoms with Crippen molar-refractivity contribution in [3.63, 3.8) is 0 Å². The molecule has 0 rings (SSSR count). The lowest BCUT2D eigenvalue weighted by Crippen LogP contribution is -2.18. The second-order valence-corrected chi connectivity index (χ2v) is 2.47. The fraction of sp³-hybridized carbons (Fsp3) is 0.750. The van der Waals surface area contributed by atoms with Crippen LogP contribution in [-0.4, -0.2) is 24.1 Å². The molecule has 0 aromatic carbocycles. The number of rotatable bonds is 1. The molecule has 6 heteroatoms. The minimum atomic E-state index is -4.19. The normalized spacial score (nSPS) is 11.2. The maximum absolute atomic E-state index is 11.4. The Morgan fingerprint density at radius 3 is 2.40 bits per heavy atom. The average Bonchev–Trinajstić information content (AvgIpc) is 1.81. The second-order valence-electron chi connectivity index (χ2n) is 1.48. The largest absolute Gasteiger partial charge is 0.398 e. The van der Waals surface area contributed by atoms with Gasteiger partial charge in [-0.3, -0.25) is 5.41 Å². The zero-order valence-electron chi connectivity index (χ0n) is 5.25. The summed E-state index contributed by atoms with van der Waals surface area (Å²) in [5.41, 5.74) is 0. The zero-order chi connectivity index (χ0) is 8.20. The van der Waals surface area contributed by atoms with E-state index in [4.69, 9.17) is 5.41 Å². The topological polar surface area (TPSA) is 35.9 Å². The van der Waals surface area contributed by atoms with Crippen LogP contribution in [0, 0.1) is 5.41 Å². The number of hydrogen-bond acceptors (Lipinski definition) is 2. The molecule has 10 heavy (non-hydrogen) atoms. The highest BCUT2D eigenvalue weighted by Crippen LogP contribution is 2.20. The first kappa shape index (κ1) is 9.61. The number of halogens is 3. The van der Waals surface area contributed by atoms with Crippen LogP contribution in [0.15, 0.2) is 0 Å². The molecule has 0 radical (unpaired) electrons. The van der Waals surface area contributed by atoms with Gasteiger partial charge >= 0.3 is 6.18 Å². The van der Waals surface area contributed by atoms with E-state index in [0.717, 1.165) is 0 Å². The summed E-state index contributed by atoms with van der Waals surface area (Å²) >= 11 is 0.431. The third kappa shape index (κ3) is 5.74. The first-order valence-electron chi connectivity index (χ1n) is 2.41. The first-order valence-corrected chi connectivity index (χ1v) is 3.40. The molecule has 0 aliphatic carbocycles. The minimum Gasteiger partial charge on any atom is -0.368 e. The van der Waals surface area contributed by atoms with Crippen molar-refractivity contribution in [2.75, 3.05) is 12.8 Å². The van der Waals surface area contributed by atoms with E-state index in [1.54, 1.807) is 0 Å². The lowest BCUT2D eigenvalue weighted by Gasteiger charge is -2.05. The van der Waals surface area contributed by atoms with E-state index in [2.05, 4.69) is 5.32 Å². The Labute approximate surface area is 60.7 Å². The van der Waals surface area contributed by atoms with Crippen LogP contribution in [0.1, 0.15) is 0 Å². The SMILES string of the molecule is CNC(=N)SCC(F)(F)F. The quantitative estimate of drug-likeness (QED) is 0.463. The van der Waals surface area contributed by atoms with E-state index in [0.29, 0.717) is 11.8 Å². The van der Waals surface area contributed by atoms with Crippen LogP contribution >= 0.6 is 11.8 Å². The van der Waals surface area contributed by atoms with E-state index in [1.807, 2.05) is 0 Å². The van der Waals surface area contributed by atoms with Crippen LogP contribution in [0.5, 0.6) is 0 Å². The molecular weight excluding hydrogens is 165 g/mol. The summed E-state index contributed by atoms with van der Waals surface area (Å²) in [5, 5.41) is 8.88. The van der Waals surface area contributed by atoms with Gasteiger partial charge in [-0.1, -0.05) is 11.8 Å². The summed E-state index contributed by atoms with van der Waals surface area (Å²) in [4.78, 5) is 0. The van der Waals surface area contributed by atoms with Gasteiger partial charge in [0.15, 0.2) is 5.17 Å². The van der Waals surface area contributed by atoms with Crippen LogP contribution in [0.25, 0.3) is 0 Å². The lowest BCUT2D eigenvalue weighted by molar-refractivity contribution is -0.105. The number of nitrogens with one attached hydrogen (secondary N) is 2. The minimum absolute atomic E-state index is 0.169. The molecule has 60 valence electrons. The van der Waals surface area contributed by atoms with Gasteiger partial charge in [-0.15, -0.1) is 0 Å². The molecule has 0 saturated heterocycles. The summed E-state index contributed by atoms with van der Waals surface area (Å²) < 4.78 is 34.2. The molecule has 0 aliphatic heterocycles. The Hall–Kier alpha value is -0.390. The second kappa shape index (κ2) is 3.70. The van der Waals surface area contributed by atoms with Crippen molar-refractivity contribution in [2.24, 2.45) is 0 Å². The van der Waals surface area contributed by atoms with Crippen LogP contribution in [0.4, 0.5) is 13.2 Å². The molecule has 2 nitrogen and oxygen atoms in total. The van der Waals surface area contributed by atoms with Crippen molar-refractivity contribution in [2.45, 2.75) is 6.18 Å². The smallest absolute Gasteiger partial charge is 0.368 e. The van der Waals surface area contributed by atoms with Gasteiger partial charge in [-0.25, -0.2) is 0 Å². The predicted molar refractivity (Wildman–Crippen MR) is 35.3 cm³/mol. The predicted octanol–water partition coefficient (Wildman–Crippen LogP) is 1.44. The molecule has 2 N–H and O–H groups in total. The van der Waals surface area contributed by atoms with Gasteiger partial charge < -0.3 is 5.32 Å². The van der Waals surface area contributed by atoms with Crippen molar-refractivity contribution >= 4 is 16.9 Å². The number of thioether (sulfide) groups is 1. The number of alkyl halides is 3. The number of amidine groups is 1. The van der Waals surface area contributed by atoms with Crippen LogP contribution in [-0.2, 0) is 0 Å². The summed E-state index contributed by atoms with van der Waals surface area (Å²) in [6.07, 6.45) is -4.19. The zero-order valence-corrected chi connectivity index (χ0v) is 6.07. The summed E-state index contributed by atoms with van der Waals surface area (Å²) in [5.74, 6) is -1.01. The van der Waals surface area contributed by atoms with Crippen LogP contribution in [0.3, 0.4) is 0 Å². The molecule has 0 aliphatic rings. The van der Waals surface area contributed by atoms with Crippen LogP contribution < -0.4 is 5.32 Å². The van der Waals surface area contributed by atoms with E-state index in [-0.39, 0.29) is 5.17 Å². The van der Waals surface area contributed by atoms with Crippen molar-refractivity contribution in [3.05, 3.63) is 0 Å². The van der Waals surface area contributed by atoms with E-state index in [1.165, 1.54) is 7.05 Å². The summed E-state index contributed by atoms with van der Waals surface area (Å²) in [6, 6.07) is 0. The molecule has 0 fully saturated rings. The molecule has 0 saturated carbocycles. The maximum atomic E-state index is 11.4. The van der Waals surface area contributed by atoms with Gasteiger partial charge in [0.05, 0.1) is 5.75 Å². The highest BCUT2D eigenvalue weighted by Gasteiger charge is 2.27. The highest BCUT2D eigenvalue weighted by atomic mass is 32.2. The Bertz CT molecular complexity index is 122. The van der Waals surface area contributed by atoms with Gasteiger partial charge in [0.2, 0.25) is 0 Å². The molecule has 0 aromatic heterocycles. The monoisotopic (exact) mass is 172 g/mol. The molecule has 0 atom stereocenters. The highest BCUT2D eigenvalue weighted by molar-refractivity contribution is 8.13. The molecule has 0 bridgehead atoms. The maximum Gasteiger partial charge on any atom is 0.398 e. The summed E-state index contributed by atoms with van der Waals surface area (Å²) in [6.45, 7) is 0. The van der Waals surface area contributed by atoms with E-state index in [9.17, 15) is 13.2 Å². The molecule has 0 spiro atoms. The Kier molecular flexibility index (Phi) is 3.55. The van der Waals surface area contributed by atoms with Gasteiger partial charge in [0.1, 0.15) is 0 Å². The third-order valence-corrected chi connectivity index (χ3v) is 1.57. The Balaban J connectivity index is 3.46. The fourth-order valence-electron chi connectivity index (χ4n) is 0.226. The number of hydrogen-bond donors (Lipinski definition) is 2. The molecular formula is C4H7F3N2S. The average molecular weight is 172 g/mol. The Morgan fingerprint density at radius 2 is 2.10 bits per heavy atom. The lowest BCUT2D eigenvalue weighted by atomic mass is 10.8. The van der Waals surface area contributed by atoms with Gasteiger partial charge in [0.25, 0.3) is 0 Å². The first-order chi connectivity index (χ1) is 4.45. The van der Waals surface area contributed by atoms with Gasteiger partial charge in [-0.2, -0.15) is 13.2 Å².